The van der Waals surface area contributed by atoms with Gasteiger partial charge in [-0.3, -0.25) is 4.99 Å². The molecule has 1 N–H and O–H groups in total. The molecule has 1 aliphatic heterocycles. The predicted molar refractivity (Wildman–Crippen MR) is 74.8 cm³/mol. The highest BCUT2D eigenvalue weighted by Crippen LogP contribution is 2.31. The van der Waals surface area contributed by atoms with E-state index in [0.717, 1.165) is 0 Å². The molecule has 1 heterocycles. The summed E-state index contributed by atoms with van der Waals surface area (Å²) in [4.78, 5) is 5.06. The number of nitrogens with zero attached hydrogens (tertiary/aromatic N) is 1. The van der Waals surface area contributed by atoms with E-state index in [-0.39, 0.29) is 11.1 Å². The summed E-state index contributed by atoms with van der Waals surface area (Å²) in [5.41, 5.74) is 1.95. The average Bonchev–Trinajstić information content (AvgIpc) is 2.13. The minimum Gasteiger partial charge on any atom is -0.307 e. The molecule has 2 heteroatoms. The van der Waals surface area contributed by atoms with Crippen molar-refractivity contribution in [3.8, 4) is 0 Å². The Morgan fingerprint density at radius 2 is 1.47 bits per heavy atom. The summed E-state index contributed by atoms with van der Waals surface area (Å²) < 4.78 is 0. The molecule has 1 saturated heterocycles. The Labute approximate surface area is 106 Å². The molecule has 0 aromatic rings. The zero-order valence-corrected chi connectivity index (χ0v) is 12.0. The van der Waals surface area contributed by atoms with Crippen LogP contribution in [0.15, 0.2) is 4.99 Å². The molecule has 0 aromatic heterocycles. The molecule has 2 aliphatic rings. The van der Waals surface area contributed by atoms with Crippen LogP contribution in [0.5, 0.6) is 0 Å². The fourth-order valence-electron chi connectivity index (χ4n) is 3.71. The van der Waals surface area contributed by atoms with Gasteiger partial charge >= 0.3 is 0 Å². The Bertz CT molecular complexity index is 278. The fourth-order valence-corrected chi connectivity index (χ4v) is 3.71. The summed E-state index contributed by atoms with van der Waals surface area (Å²) in [7, 11) is 0. The molecular weight excluding hydrogens is 208 g/mol. The molecule has 0 radical (unpaired) electrons. The maximum absolute atomic E-state index is 5.06. The lowest BCUT2D eigenvalue weighted by Gasteiger charge is -2.45. The number of hydrogen-bond acceptors (Lipinski definition) is 2. The normalized spacial score (nSPS) is 29.1. The van der Waals surface area contributed by atoms with Crippen LogP contribution in [0.4, 0.5) is 0 Å². The van der Waals surface area contributed by atoms with Gasteiger partial charge in [0.1, 0.15) is 0 Å². The molecule has 1 aliphatic carbocycles. The van der Waals surface area contributed by atoms with Crippen LogP contribution in [0, 0.1) is 0 Å². The second-order valence-corrected chi connectivity index (χ2v) is 7.21. The Balaban J connectivity index is 2.05. The van der Waals surface area contributed by atoms with Crippen LogP contribution in [0.3, 0.4) is 0 Å². The van der Waals surface area contributed by atoms with Crippen molar-refractivity contribution in [1.82, 2.24) is 5.32 Å². The Hall–Kier alpha value is -0.370. The van der Waals surface area contributed by atoms with Gasteiger partial charge in [-0.05, 0) is 66.2 Å². The van der Waals surface area contributed by atoms with E-state index in [1.165, 1.54) is 50.7 Å². The van der Waals surface area contributed by atoms with Crippen molar-refractivity contribution in [1.29, 1.82) is 0 Å². The summed E-state index contributed by atoms with van der Waals surface area (Å²) in [6.07, 6.45) is 8.99. The topological polar surface area (TPSA) is 24.4 Å². The average molecular weight is 236 g/mol. The third-order valence-electron chi connectivity index (χ3n) is 3.96. The number of aliphatic imine (C=N–C) groups is 1. The van der Waals surface area contributed by atoms with Gasteiger partial charge in [-0.1, -0.05) is 6.42 Å². The zero-order chi connectivity index (χ0) is 12.5. The van der Waals surface area contributed by atoms with Crippen LogP contribution in [0.25, 0.3) is 0 Å². The molecule has 0 spiro atoms. The lowest BCUT2D eigenvalue weighted by molar-refractivity contribution is 0.164. The first-order valence-corrected chi connectivity index (χ1v) is 7.21. The van der Waals surface area contributed by atoms with Crippen molar-refractivity contribution in [3.05, 3.63) is 0 Å². The highest BCUT2D eigenvalue weighted by atomic mass is 15.1. The zero-order valence-electron chi connectivity index (χ0n) is 12.0. The molecule has 2 fully saturated rings. The molecule has 0 bridgehead atoms. The van der Waals surface area contributed by atoms with Crippen LogP contribution in [-0.4, -0.2) is 22.8 Å². The molecule has 0 amide bonds. The molecule has 2 rings (SSSR count). The molecule has 0 atom stereocenters. The Morgan fingerprint density at radius 3 is 2.00 bits per heavy atom. The van der Waals surface area contributed by atoms with Crippen molar-refractivity contribution in [2.45, 2.75) is 89.8 Å². The molecule has 0 aromatic carbocycles. The van der Waals surface area contributed by atoms with Gasteiger partial charge in [-0.25, -0.2) is 0 Å². The van der Waals surface area contributed by atoms with Crippen LogP contribution in [-0.2, 0) is 0 Å². The van der Waals surface area contributed by atoms with Gasteiger partial charge in [0.05, 0.1) is 6.04 Å². The standard InChI is InChI=1S/C15H28N2/c1-14(2)10-13(11-15(3,4)17-14)16-12-8-6-5-7-9-12/h13,17H,5-11H2,1-4H3. The second-order valence-electron chi connectivity index (χ2n) is 7.21. The quantitative estimate of drug-likeness (QED) is 0.737. The van der Waals surface area contributed by atoms with Crippen molar-refractivity contribution in [2.75, 3.05) is 0 Å². The van der Waals surface area contributed by atoms with Crippen LogP contribution in [0.1, 0.15) is 72.6 Å². The molecule has 0 unspecified atom stereocenters. The first-order chi connectivity index (χ1) is 7.86. The lowest BCUT2D eigenvalue weighted by Crippen LogP contribution is -2.58. The lowest BCUT2D eigenvalue weighted by atomic mass is 9.79. The molecular formula is C15H28N2. The SMILES string of the molecule is CC1(C)CC(N=C2CCCCC2)CC(C)(C)N1. The molecule has 17 heavy (non-hydrogen) atoms. The van der Waals surface area contributed by atoms with Gasteiger partial charge < -0.3 is 5.32 Å². The van der Waals surface area contributed by atoms with Gasteiger partial charge in [-0.2, -0.15) is 0 Å². The van der Waals surface area contributed by atoms with Gasteiger partial charge in [0, 0.05) is 16.8 Å². The number of nitrogens with one attached hydrogen (secondary N) is 1. The van der Waals surface area contributed by atoms with Crippen LogP contribution >= 0.6 is 0 Å². The Kier molecular flexibility index (Phi) is 3.63. The van der Waals surface area contributed by atoms with E-state index in [1.807, 2.05) is 0 Å². The van der Waals surface area contributed by atoms with Gasteiger partial charge in [0.25, 0.3) is 0 Å². The monoisotopic (exact) mass is 236 g/mol. The maximum atomic E-state index is 5.06. The van der Waals surface area contributed by atoms with E-state index in [9.17, 15) is 0 Å². The van der Waals surface area contributed by atoms with E-state index >= 15 is 0 Å². The maximum Gasteiger partial charge on any atom is 0.0533 e. The van der Waals surface area contributed by atoms with Crippen LogP contribution < -0.4 is 5.32 Å². The summed E-state index contributed by atoms with van der Waals surface area (Å²) in [5.74, 6) is 0. The highest BCUT2D eigenvalue weighted by molar-refractivity contribution is 5.85. The first-order valence-electron chi connectivity index (χ1n) is 7.21. The molecule has 1 saturated carbocycles. The van der Waals surface area contributed by atoms with E-state index in [0.29, 0.717) is 6.04 Å². The number of rotatable bonds is 1. The molecule has 98 valence electrons. The van der Waals surface area contributed by atoms with Gasteiger partial charge in [0.15, 0.2) is 0 Å². The third-order valence-corrected chi connectivity index (χ3v) is 3.96. The summed E-state index contributed by atoms with van der Waals surface area (Å²) in [5, 5.41) is 3.73. The molecule has 2 nitrogen and oxygen atoms in total. The minimum absolute atomic E-state index is 0.227. The first kappa shape index (κ1) is 13.1. The van der Waals surface area contributed by atoms with E-state index < -0.39 is 0 Å². The van der Waals surface area contributed by atoms with E-state index in [4.69, 9.17) is 4.99 Å². The predicted octanol–water partition coefficient (Wildman–Crippen LogP) is 3.70. The van der Waals surface area contributed by atoms with E-state index in [2.05, 4.69) is 33.0 Å². The fraction of sp³-hybridized carbons (Fsp3) is 0.933. The van der Waals surface area contributed by atoms with Gasteiger partial charge in [-0.15, -0.1) is 0 Å². The summed E-state index contributed by atoms with van der Waals surface area (Å²) >= 11 is 0. The summed E-state index contributed by atoms with van der Waals surface area (Å²) in [6.45, 7) is 9.23. The minimum atomic E-state index is 0.227. The smallest absolute Gasteiger partial charge is 0.0533 e. The third kappa shape index (κ3) is 3.80. The number of piperidine rings is 1. The van der Waals surface area contributed by atoms with Crippen molar-refractivity contribution in [3.63, 3.8) is 0 Å². The van der Waals surface area contributed by atoms with Crippen molar-refractivity contribution in [2.24, 2.45) is 4.99 Å². The van der Waals surface area contributed by atoms with Gasteiger partial charge in [0.2, 0.25) is 0 Å². The number of hydrogen-bond donors (Lipinski definition) is 1. The highest BCUT2D eigenvalue weighted by Gasteiger charge is 2.37. The van der Waals surface area contributed by atoms with Crippen molar-refractivity contribution >= 4 is 5.71 Å². The van der Waals surface area contributed by atoms with Crippen molar-refractivity contribution < 1.29 is 0 Å². The van der Waals surface area contributed by atoms with E-state index in [1.54, 1.807) is 0 Å². The second kappa shape index (κ2) is 4.72. The summed E-state index contributed by atoms with van der Waals surface area (Å²) in [6, 6.07) is 0.536. The largest absolute Gasteiger partial charge is 0.307 e. The Morgan fingerprint density at radius 1 is 0.941 bits per heavy atom. The van der Waals surface area contributed by atoms with Crippen LogP contribution in [0.2, 0.25) is 0 Å².